The fraction of sp³-hybridized carbons (Fsp3) is 0.263. The minimum Gasteiger partial charge on any atom is -0.493 e. The molecule has 26 heavy (non-hydrogen) atoms. The van der Waals surface area contributed by atoms with Gasteiger partial charge < -0.3 is 18.8 Å². The van der Waals surface area contributed by atoms with Gasteiger partial charge in [-0.3, -0.25) is 4.79 Å². The average molecular weight is 372 g/mol. The van der Waals surface area contributed by atoms with Crippen LogP contribution in [0.4, 0.5) is 0 Å². The molecule has 7 heteroatoms. The zero-order chi connectivity index (χ0) is 18.5. The van der Waals surface area contributed by atoms with Gasteiger partial charge in [-0.05, 0) is 30.3 Å². The number of likely N-dealkylation sites (N-methyl/N-ethyl adjacent to an activating group) is 1. The second-order valence-corrected chi connectivity index (χ2v) is 6.58. The number of methoxy groups -OCH3 is 2. The molecule has 0 saturated heterocycles. The van der Waals surface area contributed by atoms with Crippen molar-refractivity contribution in [3.8, 4) is 22.1 Å². The third-order valence-electron chi connectivity index (χ3n) is 3.91. The topological polar surface area (TPSA) is 64.8 Å². The van der Waals surface area contributed by atoms with Gasteiger partial charge in [0.2, 0.25) is 5.91 Å². The van der Waals surface area contributed by atoms with Crippen LogP contribution in [0.15, 0.2) is 46.4 Å². The van der Waals surface area contributed by atoms with Gasteiger partial charge in [0.25, 0.3) is 0 Å². The van der Waals surface area contributed by atoms with E-state index in [2.05, 4.69) is 4.98 Å². The molecule has 0 unspecified atom stereocenters. The molecule has 3 aromatic rings. The van der Waals surface area contributed by atoms with Gasteiger partial charge >= 0.3 is 0 Å². The Morgan fingerprint density at radius 1 is 1.23 bits per heavy atom. The van der Waals surface area contributed by atoms with Gasteiger partial charge in [-0.25, -0.2) is 4.98 Å². The number of carbonyl (C=O) groups excluding carboxylic acids is 1. The molecule has 2 aromatic heterocycles. The number of amides is 1. The molecule has 1 amide bonds. The van der Waals surface area contributed by atoms with E-state index in [1.54, 1.807) is 32.4 Å². The van der Waals surface area contributed by atoms with E-state index in [9.17, 15) is 4.79 Å². The molecule has 0 spiro atoms. The molecule has 0 aliphatic carbocycles. The number of ether oxygens (including phenoxy) is 2. The summed E-state index contributed by atoms with van der Waals surface area (Å²) in [6.45, 7) is 0.443. The lowest BCUT2D eigenvalue weighted by atomic mass is 10.2. The molecule has 0 bridgehead atoms. The lowest BCUT2D eigenvalue weighted by Gasteiger charge is -2.14. The first-order valence-electron chi connectivity index (χ1n) is 8.04. The van der Waals surface area contributed by atoms with Crippen LogP contribution in [0, 0.1) is 0 Å². The van der Waals surface area contributed by atoms with Gasteiger partial charge in [0.05, 0.1) is 39.1 Å². The highest BCUT2D eigenvalue weighted by Crippen LogP contribution is 2.33. The molecular weight excluding hydrogens is 352 g/mol. The van der Waals surface area contributed by atoms with Gasteiger partial charge in [-0.2, -0.15) is 0 Å². The molecule has 136 valence electrons. The standard InChI is InChI=1S/C19H20N2O4S/c1-21(11-15-5-4-8-25-15)18(22)10-14-12-26-19(20-14)13-6-7-16(23-2)17(9-13)24-3/h4-9,12H,10-11H2,1-3H3. The first kappa shape index (κ1) is 18.0. The van der Waals surface area contributed by atoms with E-state index in [4.69, 9.17) is 13.9 Å². The van der Waals surface area contributed by atoms with E-state index in [0.717, 1.165) is 22.0 Å². The van der Waals surface area contributed by atoms with Crippen LogP contribution in [0.5, 0.6) is 11.5 Å². The van der Waals surface area contributed by atoms with Crippen LogP contribution in [0.3, 0.4) is 0 Å². The van der Waals surface area contributed by atoms with Crippen molar-refractivity contribution in [3.05, 3.63) is 53.4 Å². The minimum atomic E-state index is -0.00874. The number of hydrogen-bond donors (Lipinski definition) is 0. The Bertz CT molecular complexity index is 874. The predicted molar refractivity (Wildman–Crippen MR) is 99.5 cm³/mol. The van der Waals surface area contributed by atoms with Crippen LogP contribution in [0.25, 0.3) is 10.6 Å². The normalized spacial score (nSPS) is 10.6. The summed E-state index contributed by atoms with van der Waals surface area (Å²) in [4.78, 5) is 18.6. The third-order valence-corrected chi connectivity index (χ3v) is 4.85. The van der Waals surface area contributed by atoms with E-state index in [1.807, 2.05) is 35.7 Å². The largest absolute Gasteiger partial charge is 0.493 e. The first-order chi connectivity index (χ1) is 12.6. The van der Waals surface area contributed by atoms with Gasteiger partial charge in [-0.1, -0.05) is 0 Å². The Labute approximate surface area is 156 Å². The Hall–Kier alpha value is -2.80. The number of aromatic nitrogens is 1. The quantitative estimate of drug-likeness (QED) is 0.634. The van der Waals surface area contributed by atoms with Crippen molar-refractivity contribution in [1.82, 2.24) is 9.88 Å². The van der Waals surface area contributed by atoms with E-state index >= 15 is 0 Å². The number of rotatable bonds is 7. The molecule has 0 radical (unpaired) electrons. The third kappa shape index (κ3) is 4.05. The summed E-state index contributed by atoms with van der Waals surface area (Å²) < 4.78 is 15.9. The van der Waals surface area contributed by atoms with Crippen molar-refractivity contribution in [2.24, 2.45) is 0 Å². The molecule has 0 atom stereocenters. The highest BCUT2D eigenvalue weighted by molar-refractivity contribution is 7.13. The van der Waals surface area contributed by atoms with E-state index in [-0.39, 0.29) is 12.3 Å². The molecular formula is C19H20N2O4S. The SMILES string of the molecule is COc1ccc(-c2nc(CC(=O)N(C)Cc3ccco3)cs2)cc1OC. The van der Waals surface area contributed by atoms with Crippen LogP contribution in [0.2, 0.25) is 0 Å². The maximum Gasteiger partial charge on any atom is 0.228 e. The highest BCUT2D eigenvalue weighted by Gasteiger charge is 2.15. The Morgan fingerprint density at radius 2 is 2.04 bits per heavy atom. The zero-order valence-corrected chi connectivity index (χ0v) is 15.7. The van der Waals surface area contributed by atoms with E-state index in [0.29, 0.717) is 18.0 Å². The number of nitrogens with zero attached hydrogens (tertiary/aromatic N) is 2. The van der Waals surface area contributed by atoms with E-state index in [1.165, 1.54) is 11.3 Å². The Morgan fingerprint density at radius 3 is 2.73 bits per heavy atom. The fourth-order valence-electron chi connectivity index (χ4n) is 2.50. The summed E-state index contributed by atoms with van der Waals surface area (Å²) in [6.07, 6.45) is 1.85. The van der Waals surface area contributed by atoms with Gasteiger partial charge in [-0.15, -0.1) is 11.3 Å². The Balaban J connectivity index is 1.68. The second-order valence-electron chi connectivity index (χ2n) is 5.72. The van der Waals surface area contributed by atoms with Gasteiger partial charge in [0, 0.05) is 18.0 Å². The van der Waals surface area contributed by atoms with Crippen LogP contribution < -0.4 is 9.47 Å². The molecule has 6 nitrogen and oxygen atoms in total. The lowest BCUT2D eigenvalue weighted by molar-refractivity contribution is -0.129. The summed E-state index contributed by atoms with van der Waals surface area (Å²) >= 11 is 1.50. The fourth-order valence-corrected chi connectivity index (χ4v) is 3.32. The maximum atomic E-state index is 12.4. The van der Waals surface area contributed by atoms with Gasteiger partial charge in [0.15, 0.2) is 11.5 Å². The summed E-state index contributed by atoms with van der Waals surface area (Å²) in [5, 5.41) is 2.74. The molecule has 0 saturated carbocycles. The number of benzene rings is 1. The molecule has 0 aliphatic heterocycles. The summed E-state index contributed by atoms with van der Waals surface area (Å²) in [5.41, 5.74) is 1.67. The second kappa shape index (κ2) is 8.05. The van der Waals surface area contributed by atoms with E-state index < -0.39 is 0 Å². The van der Waals surface area contributed by atoms with Crippen LogP contribution in [-0.2, 0) is 17.8 Å². The van der Waals surface area contributed by atoms with Crippen LogP contribution >= 0.6 is 11.3 Å². The van der Waals surface area contributed by atoms with Crippen molar-refractivity contribution in [1.29, 1.82) is 0 Å². The number of furan rings is 1. The summed E-state index contributed by atoms with van der Waals surface area (Å²) in [6, 6.07) is 9.31. The van der Waals surface area contributed by atoms with Crippen molar-refractivity contribution in [2.75, 3.05) is 21.3 Å². The number of carbonyl (C=O) groups is 1. The summed E-state index contributed by atoms with van der Waals surface area (Å²) in [5.74, 6) is 2.06. The monoisotopic (exact) mass is 372 g/mol. The first-order valence-corrected chi connectivity index (χ1v) is 8.92. The van der Waals surface area contributed by atoms with Crippen molar-refractivity contribution < 1.29 is 18.7 Å². The van der Waals surface area contributed by atoms with Gasteiger partial charge in [0.1, 0.15) is 10.8 Å². The zero-order valence-electron chi connectivity index (χ0n) is 14.9. The molecule has 0 N–H and O–H groups in total. The molecule has 0 aliphatic rings. The Kier molecular flexibility index (Phi) is 5.58. The predicted octanol–water partition coefficient (Wildman–Crippen LogP) is 3.62. The summed E-state index contributed by atoms with van der Waals surface area (Å²) in [7, 11) is 4.96. The van der Waals surface area contributed by atoms with Crippen LogP contribution in [-0.4, -0.2) is 37.1 Å². The lowest BCUT2D eigenvalue weighted by Crippen LogP contribution is -2.27. The van der Waals surface area contributed by atoms with Crippen molar-refractivity contribution >= 4 is 17.2 Å². The number of thiazole rings is 1. The molecule has 2 heterocycles. The van der Waals surface area contributed by atoms with Crippen LogP contribution in [0.1, 0.15) is 11.5 Å². The molecule has 3 rings (SSSR count). The maximum absolute atomic E-state index is 12.4. The number of hydrogen-bond acceptors (Lipinski definition) is 6. The minimum absolute atomic E-state index is 0.00874. The van der Waals surface area contributed by atoms with Crippen molar-refractivity contribution in [3.63, 3.8) is 0 Å². The smallest absolute Gasteiger partial charge is 0.228 e. The molecule has 0 fully saturated rings. The highest BCUT2D eigenvalue weighted by atomic mass is 32.1. The molecule has 1 aromatic carbocycles. The average Bonchev–Trinajstić information content (AvgIpc) is 3.33. The van der Waals surface area contributed by atoms with Crippen molar-refractivity contribution in [2.45, 2.75) is 13.0 Å².